The summed E-state index contributed by atoms with van der Waals surface area (Å²) >= 11 is 0. The van der Waals surface area contributed by atoms with Crippen LogP contribution in [-0.2, 0) is 0 Å². The Morgan fingerprint density at radius 2 is 2.31 bits per heavy atom. The standard InChI is InChI=1S/C9H12N2O2/c1-8(2)10-5-3-9(7-10)4-6-11(12)13/h3-8H,1-2H3/b6-4+. The lowest BCUT2D eigenvalue weighted by Crippen LogP contribution is -1.95. The SMILES string of the molecule is CC(C)n1ccc(/C=C/[N+](=O)[O-])c1. The predicted molar refractivity (Wildman–Crippen MR) is 50.8 cm³/mol. The Morgan fingerprint density at radius 1 is 1.62 bits per heavy atom. The Balaban J connectivity index is 2.75. The summed E-state index contributed by atoms with van der Waals surface area (Å²) in [5.74, 6) is 0. The lowest BCUT2D eigenvalue weighted by atomic mass is 10.3. The average Bonchev–Trinajstić information content (AvgIpc) is 2.48. The van der Waals surface area contributed by atoms with E-state index < -0.39 is 4.92 Å². The molecule has 0 bridgehead atoms. The van der Waals surface area contributed by atoms with E-state index in [2.05, 4.69) is 13.8 Å². The molecular formula is C9H12N2O2. The summed E-state index contributed by atoms with van der Waals surface area (Å²) in [4.78, 5) is 9.56. The van der Waals surface area contributed by atoms with Crippen molar-refractivity contribution in [1.29, 1.82) is 0 Å². The van der Waals surface area contributed by atoms with E-state index in [1.54, 1.807) is 0 Å². The van der Waals surface area contributed by atoms with E-state index in [9.17, 15) is 10.1 Å². The molecule has 4 nitrogen and oxygen atoms in total. The van der Waals surface area contributed by atoms with E-state index in [4.69, 9.17) is 0 Å². The summed E-state index contributed by atoms with van der Waals surface area (Å²) in [5.41, 5.74) is 0.852. The monoisotopic (exact) mass is 180 g/mol. The van der Waals surface area contributed by atoms with Crippen LogP contribution in [-0.4, -0.2) is 9.49 Å². The molecule has 0 radical (unpaired) electrons. The lowest BCUT2D eigenvalue weighted by Gasteiger charge is -2.04. The van der Waals surface area contributed by atoms with Crippen molar-refractivity contribution < 1.29 is 4.92 Å². The number of nitrogens with zero attached hydrogens (tertiary/aromatic N) is 2. The largest absolute Gasteiger partial charge is 0.351 e. The molecule has 1 heterocycles. The topological polar surface area (TPSA) is 48.1 Å². The quantitative estimate of drug-likeness (QED) is 0.529. The zero-order valence-electron chi connectivity index (χ0n) is 7.68. The zero-order valence-corrected chi connectivity index (χ0v) is 7.68. The number of nitro groups is 1. The van der Waals surface area contributed by atoms with Crippen LogP contribution in [0.15, 0.2) is 24.7 Å². The maximum absolute atomic E-state index is 10.0. The molecule has 1 aromatic heterocycles. The van der Waals surface area contributed by atoms with Gasteiger partial charge in [-0.15, -0.1) is 0 Å². The first-order valence-corrected chi connectivity index (χ1v) is 4.09. The van der Waals surface area contributed by atoms with Gasteiger partial charge in [-0.05, 0) is 25.5 Å². The summed E-state index contributed by atoms with van der Waals surface area (Å²) in [6.45, 7) is 4.11. The smallest absolute Gasteiger partial charge is 0.235 e. The molecule has 0 N–H and O–H groups in total. The van der Waals surface area contributed by atoms with E-state index in [0.717, 1.165) is 11.8 Å². The van der Waals surface area contributed by atoms with E-state index in [1.165, 1.54) is 6.08 Å². The van der Waals surface area contributed by atoms with Gasteiger partial charge in [-0.25, -0.2) is 0 Å². The molecule has 0 spiro atoms. The van der Waals surface area contributed by atoms with Crippen molar-refractivity contribution in [3.05, 3.63) is 40.3 Å². The molecule has 0 aliphatic carbocycles. The Hall–Kier alpha value is -1.58. The van der Waals surface area contributed by atoms with Gasteiger partial charge in [0.05, 0.1) is 4.92 Å². The van der Waals surface area contributed by atoms with Crippen LogP contribution >= 0.6 is 0 Å². The second kappa shape index (κ2) is 3.89. The molecule has 0 aromatic carbocycles. The van der Waals surface area contributed by atoms with E-state index in [-0.39, 0.29) is 0 Å². The van der Waals surface area contributed by atoms with Gasteiger partial charge in [0.1, 0.15) is 0 Å². The van der Waals surface area contributed by atoms with E-state index >= 15 is 0 Å². The minimum absolute atomic E-state index is 0.387. The van der Waals surface area contributed by atoms with Gasteiger partial charge in [-0.1, -0.05) is 0 Å². The maximum atomic E-state index is 10.0. The van der Waals surface area contributed by atoms with Gasteiger partial charge >= 0.3 is 0 Å². The summed E-state index contributed by atoms with van der Waals surface area (Å²) in [6.07, 6.45) is 6.22. The molecule has 1 rings (SSSR count). The second-order valence-corrected chi connectivity index (χ2v) is 3.09. The van der Waals surface area contributed by atoms with Crippen LogP contribution in [0.3, 0.4) is 0 Å². The lowest BCUT2D eigenvalue weighted by molar-refractivity contribution is -0.400. The van der Waals surface area contributed by atoms with E-state index in [0.29, 0.717) is 6.04 Å². The van der Waals surface area contributed by atoms with Gasteiger partial charge in [0.25, 0.3) is 0 Å². The minimum atomic E-state index is -0.466. The average molecular weight is 180 g/mol. The Morgan fingerprint density at radius 3 is 2.77 bits per heavy atom. The van der Waals surface area contributed by atoms with Crippen LogP contribution in [0, 0.1) is 10.1 Å². The summed E-state index contributed by atoms with van der Waals surface area (Å²) < 4.78 is 2.00. The highest BCUT2D eigenvalue weighted by Gasteiger charge is 1.97. The van der Waals surface area contributed by atoms with Crippen molar-refractivity contribution in [3.8, 4) is 0 Å². The van der Waals surface area contributed by atoms with Crippen molar-refractivity contribution in [2.24, 2.45) is 0 Å². The molecule has 70 valence electrons. The van der Waals surface area contributed by atoms with Crippen LogP contribution in [0.4, 0.5) is 0 Å². The predicted octanol–water partition coefficient (Wildman–Crippen LogP) is 2.32. The van der Waals surface area contributed by atoms with Crippen LogP contribution in [0.5, 0.6) is 0 Å². The molecule has 4 heteroatoms. The molecule has 0 amide bonds. The molecule has 13 heavy (non-hydrogen) atoms. The first-order valence-electron chi connectivity index (χ1n) is 4.09. The van der Waals surface area contributed by atoms with Crippen molar-refractivity contribution in [3.63, 3.8) is 0 Å². The molecule has 0 saturated carbocycles. The fraction of sp³-hybridized carbons (Fsp3) is 0.333. The third-order valence-electron chi connectivity index (χ3n) is 1.72. The highest BCUT2D eigenvalue weighted by Crippen LogP contribution is 2.09. The number of rotatable bonds is 3. The first kappa shape index (κ1) is 9.51. The molecule has 0 aliphatic rings. The Labute approximate surface area is 76.6 Å². The number of hydrogen-bond acceptors (Lipinski definition) is 2. The van der Waals surface area contributed by atoms with Crippen LogP contribution in [0.2, 0.25) is 0 Å². The van der Waals surface area contributed by atoms with Crippen LogP contribution in [0.25, 0.3) is 6.08 Å². The van der Waals surface area contributed by atoms with Gasteiger partial charge in [-0.2, -0.15) is 0 Å². The molecule has 0 fully saturated rings. The maximum Gasteiger partial charge on any atom is 0.235 e. The fourth-order valence-electron chi connectivity index (χ4n) is 0.997. The summed E-state index contributed by atoms with van der Waals surface area (Å²) in [7, 11) is 0. The third-order valence-corrected chi connectivity index (χ3v) is 1.72. The molecule has 0 unspecified atom stereocenters. The molecule has 0 aliphatic heterocycles. The number of aromatic nitrogens is 1. The van der Waals surface area contributed by atoms with Gasteiger partial charge in [0, 0.05) is 24.5 Å². The summed E-state index contributed by atoms with van der Waals surface area (Å²) in [6, 6.07) is 2.23. The minimum Gasteiger partial charge on any atom is -0.351 e. The summed E-state index contributed by atoms with van der Waals surface area (Å²) in [5, 5.41) is 10.0. The Kier molecular flexibility index (Phi) is 2.84. The number of hydrogen-bond donors (Lipinski definition) is 0. The van der Waals surface area contributed by atoms with Crippen molar-refractivity contribution in [2.45, 2.75) is 19.9 Å². The van der Waals surface area contributed by atoms with Gasteiger partial charge in [0.15, 0.2) is 0 Å². The molecular weight excluding hydrogens is 168 g/mol. The highest BCUT2D eigenvalue weighted by atomic mass is 16.6. The Bertz CT molecular complexity index is 326. The van der Waals surface area contributed by atoms with Crippen LogP contribution in [0.1, 0.15) is 25.5 Å². The third kappa shape index (κ3) is 2.74. The zero-order chi connectivity index (χ0) is 9.84. The van der Waals surface area contributed by atoms with Gasteiger partial charge in [0.2, 0.25) is 6.20 Å². The first-order chi connectivity index (χ1) is 6.09. The normalized spacial score (nSPS) is 11.3. The van der Waals surface area contributed by atoms with Gasteiger partial charge in [-0.3, -0.25) is 10.1 Å². The molecule has 0 saturated heterocycles. The van der Waals surface area contributed by atoms with Crippen molar-refractivity contribution in [2.75, 3.05) is 0 Å². The van der Waals surface area contributed by atoms with Crippen molar-refractivity contribution >= 4 is 6.08 Å². The van der Waals surface area contributed by atoms with Crippen molar-refractivity contribution in [1.82, 2.24) is 4.57 Å². The van der Waals surface area contributed by atoms with Crippen LogP contribution < -0.4 is 0 Å². The molecule has 0 atom stereocenters. The highest BCUT2D eigenvalue weighted by molar-refractivity contribution is 5.46. The fourth-order valence-corrected chi connectivity index (χ4v) is 0.997. The second-order valence-electron chi connectivity index (χ2n) is 3.09. The van der Waals surface area contributed by atoms with E-state index in [1.807, 2.05) is 23.0 Å². The molecule has 1 aromatic rings. The van der Waals surface area contributed by atoms with Gasteiger partial charge < -0.3 is 4.57 Å².